The summed E-state index contributed by atoms with van der Waals surface area (Å²) in [5.41, 5.74) is 8.78. The maximum atomic E-state index is 5.28. The second-order valence-electron chi connectivity index (χ2n) is 13.0. The lowest BCUT2D eigenvalue weighted by molar-refractivity contribution is 1.05. The van der Waals surface area contributed by atoms with Crippen LogP contribution < -0.4 is 0 Å². The van der Waals surface area contributed by atoms with Crippen molar-refractivity contribution in [2.45, 2.75) is 0 Å². The minimum absolute atomic E-state index is 0.704. The van der Waals surface area contributed by atoms with Crippen molar-refractivity contribution < 1.29 is 0 Å². The second-order valence-corrected chi connectivity index (χ2v) is 14.1. The third-order valence-corrected chi connectivity index (χ3v) is 11.2. The van der Waals surface area contributed by atoms with Crippen LogP contribution in [0.2, 0.25) is 0 Å². The molecule has 0 amide bonds. The highest BCUT2D eigenvalue weighted by Crippen LogP contribution is 2.46. The summed E-state index contributed by atoms with van der Waals surface area (Å²) in [5, 5.41) is 7.54. The standard InChI is InChI=1S/C46H28N4S/c1-4-14-29(15-5-1)36-28-43(48-46(47-36)30-16-6-2-7-17-30)50-37-22-12-10-20-32(37)34-27-42-35(26-40(34)50)45-41(51-42)25-24-39-44(45)33-21-11-13-23-38(33)49(39)31-18-8-3-9-19-31/h1-28H. The van der Waals surface area contributed by atoms with Gasteiger partial charge in [0.25, 0.3) is 0 Å². The minimum atomic E-state index is 0.704. The van der Waals surface area contributed by atoms with E-state index in [1.54, 1.807) is 0 Å². The van der Waals surface area contributed by atoms with Crippen LogP contribution in [0.1, 0.15) is 0 Å². The fourth-order valence-corrected chi connectivity index (χ4v) is 9.05. The van der Waals surface area contributed by atoms with E-state index in [0.717, 1.165) is 39.4 Å². The Bertz CT molecular complexity index is 3060. The number of para-hydroxylation sites is 3. The first kappa shape index (κ1) is 28.3. The van der Waals surface area contributed by atoms with Crippen molar-refractivity contribution in [2.24, 2.45) is 0 Å². The zero-order valence-corrected chi connectivity index (χ0v) is 28.2. The molecule has 11 aromatic rings. The van der Waals surface area contributed by atoms with Crippen LogP contribution in [-0.4, -0.2) is 19.1 Å². The molecule has 0 saturated carbocycles. The molecule has 4 heterocycles. The summed E-state index contributed by atoms with van der Waals surface area (Å²) in [4.78, 5) is 10.4. The van der Waals surface area contributed by atoms with E-state index in [4.69, 9.17) is 9.97 Å². The predicted octanol–water partition coefficient (Wildman–Crippen LogP) is 12.4. The van der Waals surface area contributed by atoms with E-state index in [0.29, 0.717) is 5.82 Å². The quantitative estimate of drug-likeness (QED) is 0.187. The van der Waals surface area contributed by atoms with Crippen molar-refractivity contribution in [2.75, 3.05) is 0 Å². The van der Waals surface area contributed by atoms with Crippen LogP contribution in [0.4, 0.5) is 0 Å². The average Bonchev–Trinajstić information content (AvgIpc) is 3.85. The molecule has 0 saturated heterocycles. The van der Waals surface area contributed by atoms with Gasteiger partial charge in [0.1, 0.15) is 5.82 Å². The summed E-state index contributed by atoms with van der Waals surface area (Å²) in [6, 6.07) is 60.4. The predicted molar refractivity (Wildman–Crippen MR) is 214 cm³/mol. The van der Waals surface area contributed by atoms with Gasteiger partial charge in [-0.25, -0.2) is 9.97 Å². The van der Waals surface area contributed by atoms with E-state index in [1.807, 2.05) is 35.6 Å². The van der Waals surface area contributed by atoms with Crippen LogP contribution in [0.3, 0.4) is 0 Å². The van der Waals surface area contributed by atoms with Gasteiger partial charge in [-0.1, -0.05) is 115 Å². The van der Waals surface area contributed by atoms with Gasteiger partial charge in [0, 0.05) is 64.6 Å². The van der Waals surface area contributed by atoms with Crippen molar-refractivity contribution in [1.82, 2.24) is 19.1 Å². The molecular formula is C46H28N4S. The van der Waals surface area contributed by atoms with Crippen LogP contribution in [0, 0.1) is 0 Å². The first-order valence-corrected chi connectivity index (χ1v) is 18.0. The summed E-state index contributed by atoms with van der Waals surface area (Å²) >= 11 is 1.87. The van der Waals surface area contributed by atoms with Crippen molar-refractivity contribution >= 4 is 75.1 Å². The molecule has 0 unspecified atom stereocenters. The van der Waals surface area contributed by atoms with E-state index in [2.05, 4.69) is 155 Å². The molecular weight excluding hydrogens is 641 g/mol. The molecule has 0 aliphatic heterocycles. The fourth-order valence-electron chi connectivity index (χ4n) is 7.91. The number of nitrogens with zero attached hydrogens (tertiary/aromatic N) is 4. The molecule has 0 radical (unpaired) electrons. The zero-order chi connectivity index (χ0) is 33.5. The smallest absolute Gasteiger partial charge is 0.162 e. The number of thiophene rings is 1. The first-order chi connectivity index (χ1) is 25.3. The van der Waals surface area contributed by atoms with Gasteiger partial charge in [-0.05, 0) is 48.5 Å². The molecule has 11 rings (SSSR count). The molecule has 0 spiro atoms. The number of rotatable bonds is 4. The van der Waals surface area contributed by atoms with Gasteiger partial charge in [-0.3, -0.25) is 4.57 Å². The summed E-state index contributed by atoms with van der Waals surface area (Å²) in [6.07, 6.45) is 0. The van der Waals surface area contributed by atoms with Gasteiger partial charge in [0.2, 0.25) is 0 Å². The Morgan fingerprint density at radius 3 is 1.80 bits per heavy atom. The van der Waals surface area contributed by atoms with Crippen molar-refractivity contribution in [1.29, 1.82) is 0 Å². The highest BCUT2D eigenvalue weighted by atomic mass is 32.1. The topological polar surface area (TPSA) is 35.6 Å². The number of aromatic nitrogens is 4. The van der Waals surface area contributed by atoms with Crippen LogP contribution in [-0.2, 0) is 0 Å². The zero-order valence-electron chi connectivity index (χ0n) is 27.4. The summed E-state index contributed by atoms with van der Waals surface area (Å²) in [7, 11) is 0. The van der Waals surface area contributed by atoms with E-state index in [-0.39, 0.29) is 0 Å². The Hall–Kier alpha value is -6.56. The maximum absolute atomic E-state index is 5.28. The fraction of sp³-hybridized carbons (Fsp3) is 0. The van der Waals surface area contributed by atoms with Gasteiger partial charge in [-0.2, -0.15) is 0 Å². The van der Waals surface area contributed by atoms with Gasteiger partial charge in [-0.15, -0.1) is 11.3 Å². The van der Waals surface area contributed by atoms with Crippen LogP contribution >= 0.6 is 11.3 Å². The number of fused-ring (bicyclic) bond motifs is 10. The molecule has 238 valence electrons. The highest BCUT2D eigenvalue weighted by Gasteiger charge is 2.21. The molecule has 7 aromatic carbocycles. The largest absolute Gasteiger partial charge is 0.309 e. The molecule has 0 bridgehead atoms. The third kappa shape index (κ3) is 4.25. The number of hydrogen-bond acceptors (Lipinski definition) is 3. The Morgan fingerprint density at radius 1 is 0.392 bits per heavy atom. The SMILES string of the molecule is c1ccc(-c2cc(-n3c4ccccc4c4cc5sc6ccc7c(c8ccccc8n7-c7ccccc7)c6c5cc43)nc(-c3ccccc3)n2)cc1. The molecule has 0 aliphatic rings. The normalized spacial score (nSPS) is 11.9. The lowest BCUT2D eigenvalue weighted by Crippen LogP contribution is -2.02. The first-order valence-electron chi connectivity index (χ1n) is 17.2. The second kappa shape index (κ2) is 11.0. The van der Waals surface area contributed by atoms with Gasteiger partial charge >= 0.3 is 0 Å². The molecule has 51 heavy (non-hydrogen) atoms. The van der Waals surface area contributed by atoms with Gasteiger partial charge in [0.15, 0.2) is 5.82 Å². The Kier molecular flexibility index (Phi) is 6.09. The van der Waals surface area contributed by atoms with E-state index in [1.165, 1.54) is 52.8 Å². The summed E-state index contributed by atoms with van der Waals surface area (Å²) < 4.78 is 7.31. The lowest BCUT2D eigenvalue weighted by Gasteiger charge is -2.12. The molecule has 5 heteroatoms. The van der Waals surface area contributed by atoms with E-state index >= 15 is 0 Å². The van der Waals surface area contributed by atoms with Gasteiger partial charge < -0.3 is 4.57 Å². The molecule has 4 nitrogen and oxygen atoms in total. The monoisotopic (exact) mass is 668 g/mol. The molecule has 0 atom stereocenters. The Balaban J connectivity index is 1.26. The number of hydrogen-bond donors (Lipinski definition) is 0. The van der Waals surface area contributed by atoms with Crippen LogP contribution in [0.15, 0.2) is 170 Å². The summed E-state index contributed by atoms with van der Waals surface area (Å²) in [6.45, 7) is 0. The van der Waals surface area contributed by atoms with Gasteiger partial charge in [0.05, 0.1) is 27.8 Å². The Morgan fingerprint density at radius 2 is 1.04 bits per heavy atom. The third-order valence-electron chi connectivity index (χ3n) is 10.1. The lowest BCUT2D eigenvalue weighted by atomic mass is 10.0. The molecule has 0 N–H and O–H groups in total. The van der Waals surface area contributed by atoms with Crippen molar-refractivity contribution in [3.05, 3.63) is 170 Å². The highest BCUT2D eigenvalue weighted by molar-refractivity contribution is 7.26. The Labute approximate surface area is 297 Å². The minimum Gasteiger partial charge on any atom is -0.309 e. The van der Waals surface area contributed by atoms with Crippen molar-refractivity contribution in [3.63, 3.8) is 0 Å². The molecule has 0 aliphatic carbocycles. The molecule has 0 fully saturated rings. The molecule has 4 aromatic heterocycles. The van der Waals surface area contributed by atoms with E-state index < -0.39 is 0 Å². The summed E-state index contributed by atoms with van der Waals surface area (Å²) in [5.74, 6) is 1.55. The van der Waals surface area contributed by atoms with Crippen LogP contribution in [0.25, 0.3) is 97.9 Å². The maximum Gasteiger partial charge on any atom is 0.162 e. The number of benzene rings is 7. The van der Waals surface area contributed by atoms with Crippen LogP contribution in [0.5, 0.6) is 0 Å². The average molecular weight is 669 g/mol. The van der Waals surface area contributed by atoms with Crippen molar-refractivity contribution in [3.8, 4) is 34.2 Å². The van der Waals surface area contributed by atoms with E-state index in [9.17, 15) is 0 Å².